The van der Waals surface area contributed by atoms with Gasteiger partial charge in [0.2, 0.25) is 0 Å². The van der Waals surface area contributed by atoms with E-state index in [2.05, 4.69) is 213 Å². The van der Waals surface area contributed by atoms with Crippen LogP contribution in [0.15, 0.2) is 190 Å². The Morgan fingerprint density at radius 1 is 0.426 bits per heavy atom. The number of hydrogen-bond donors (Lipinski definition) is 0. The van der Waals surface area contributed by atoms with Crippen LogP contribution in [0.2, 0.25) is 0 Å². The van der Waals surface area contributed by atoms with Crippen molar-refractivity contribution in [2.24, 2.45) is 0 Å². The van der Waals surface area contributed by atoms with Gasteiger partial charge in [-0.1, -0.05) is 151 Å². The molecule has 1 aliphatic carbocycles. The first-order valence-electron chi connectivity index (χ1n) is 21.1. The Bertz CT molecular complexity index is 3650. The topological polar surface area (TPSA) is 32.8 Å². The lowest BCUT2D eigenvalue weighted by atomic mass is 9.91. The average molecular weight is 787 g/mol. The van der Waals surface area contributed by atoms with Crippen LogP contribution in [0, 0.1) is 20.8 Å². The number of benzene rings is 9. The molecule has 0 saturated carbocycles. The predicted molar refractivity (Wildman–Crippen MR) is 258 cm³/mol. The summed E-state index contributed by atoms with van der Waals surface area (Å²) in [6.07, 6.45) is 11.2. The fourth-order valence-electron chi connectivity index (χ4n) is 9.85. The number of hydrogen-bond acceptors (Lipinski definition) is 4. The monoisotopic (exact) mass is 786 g/mol. The standard InChI is InChI=1S/C57H42N2O2/c1-34-10-5-13-40(27-20-34)58(50-18-8-16-44-42-14-6-11-36(3)54(42)60-56(44)50)48-32-25-38-24-31-47-49(33-26-39-23-30-46(48)52(38)53(39)47)59(41-28-21-35(2)22-29-41)51-19-9-17-45-43-15-7-12-37(4)55(43)61-57(45)51/h5-33,40H,1-4H3. The van der Waals surface area contributed by atoms with Gasteiger partial charge in [0.15, 0.2) is 11.2 Å². The lowest BCUT2D eigenvalue weighted by Crippen LogP contribution is -2.28. The number of fused-ring (bicyclic) bond motifs is 6. The number of aryl methyl sites for hydroxylation is 3. The molecule has 0 fully saturated rings. The highest BCUT2D eigenvalue weighted by Crippen LogP contribution is 2.49. The molecular formula is C57H42N2O2. The Kier molecular flexibility index (Phi) is 7.82. The van der Waals surface area contributed by atoms with E-state index in [4.69, 9.17) is 8.83 Å². The van der Waals surface area contributed by atoms with E-state index in [9.17, 15) is 0 Å². The van der Waals surface area contributed by atoms with Crippen molar-refractivity contribution in [3.63, 3.8) is 0 Å². The van der Waals surface area contributed by atoms with Crippen LogP contribution in [0.3, 0.4) is 0 Å². The highest BCUT2D eigenvalue weighted by atomic mass is 16.3. The van der Waals surface area contributed by atoms with Crippen molar-refractivity contribution in [3.8, 4) is 0 Å². The molecule has 0 N–H and O–H groups in total. The summed E-state index contributed by atoms with van der Waals surface area (Å²) in [7, 11) is 0. The molecule has 0 aliphatic heterocycles. The highest BCUT2D eigenvalue weighted by molar-refractivity contribution is 6.28. The number of para-hydroxylation sites is 4. The maximum atomic E-state index is 6.86. The van der Waals surface area contributed by atoms with Crippen LogP contribution < -0.4 is 9.80 Å². The van der Waals surface area contributed by atoms with Crippen LogP contribution in [0.4, 0.5) is 28.4 Å². The third kappa shape index (κ3) is 5.38. The fourth-order valence-corrected chi connectivity index (χ4v) is 9.85. The Labute approximate surface area is 353 Å². The van der Waals surface area contributed by atoms with Gasteiger partial charge >= 0.3 is 0 Å². The van der Waals surface area contributed by atoms with Crippen molar-refractivity contribution in [1.82, 2.24) is 0 Å². The summed E-state index contributed by atoms with van der Waals surface area (Å²) in [6, 6.07) is 53.0. The lowest BCUT2D eigenvalue weighted by molar-refractivity contribution is 0.664. The molecule has 0 radical (unpaired) electrons. The minimum Gasteiger partial charge on any atom is -0.454 e. The van der Waals surface area contributed by atoms with E-state index in [-0.39, 0.29) is 6.04 Å². The van der Waals surface area contributed by atoms with Crippen LogP contribution in [-0.2, 0) is 0 Å². The zero-order valence-corrected chi connectivity index (χ0v) is 34.5. The second-order valence-corrected chi connectivity index (χ2v) is 16.7. The predicted octanol–water partition coefficient (Wildman–Crippen LogP) is 16.4. The molecule has 2 heterocycles. The van der Waals surface area contributed by atoms with E-state index in [1.54, 1.807) is 0 Å². The van der Waals surface area contributed by atoms with Crippen LogP contribution >= 0.6 is 0 Å². The maximum absolute atomic E-state index is 6.86. The van der Waals surface area contributed by atoms with Gasteiger partial charge in [-0.2, -0.15) is 0 Å². The van der Waals surface area contributed by atoms with Crippen molar-refractivity contribution in [1.29, 1.82) is 0 Å². The van der Waals surface area contributed by atoms with E-state index >= 15 is 0 Å². The summed E-state index contributed by atoms with van der Waals surface area (Å²) in [5.74, 6) is 0. The molecule has 61 heavy (non-hydrogen) atoms. The van der Waals surface area contributed by atoms with Gasteiger partial charge in [0.1, 0.15) is 11.2 Å². The summed E-state index contributed by atoms with van der Waals surface area (Å²) in [5.41, 5.74) is 13.6. The zero-order chi connectivity index (χ0) is 40.9. The molecule has 4 nitrogen and oxygen atoms in total. The number of allylic oxidation sites excluding steroid dienone is 4. The fraction of sp³-hybridized carbons (Fsp3) is 0.0877. The molecule has 0 bridgehead atoms. The number of rotatable bonds is 6. The molecule has 292 valence electrons. The van der Waals surface area contributed by atoms with E-state index in [0.29, 0.717) is 0 Å². The molecule has 1 unspecified atom stereocenters. The van der Waals surface area contributed by atoms with E-state index in [1.165, 1.54) is 43.5 Å². The van der Waals surface area contributed by atoms with Gasteiger partial charge < -0.3 is 18.6 Å². The summed E-state index contributed by atoms with van der Waals surface area (Å²) in [5, 5.41) is 11.7. The molecule has 4 heteroatoms. The molecule has 0 amide bonds. The van der Waals surface area contributed by atoms with Crippen molar-refractivity contribution < 1.29 is 8.83 Å². The second-order valence-electron chi connectivity index (χ2n) is 16.7. The first kappa shape index (κ1) is 35.4. The van der Waals surface area contributed by atoms with Crippen molar-refractivity contribution in [2.75, 3.05) is 9.80 Å². The molecule has 1 aliphatic rings. The minimum absolute atomic E-state index is 0.0763. The Balaban J connectivity index is 1.13. The molecule has 1 atom stereocenters. The van der Waals surface area contributed by atoms with Gasteiger partial charge in [0, 0.05) is 38.0 Å². The van der Waals surface area contributed by atoms with Gasteiger partial charge in [-0.05, 0) is 96.8 Å². The Morgan fingerprint density at radius 3 is 1.59 bits per heavy atom. The van der Waals surface area contributed by atoms with Crippen LogP contribution in [0.25, 0.3) is 76.2 Å². The molecule has 9 aromatic carbocycles. The lowest BCUT2D eigenvalue weighted by Gasteiger charge is -2.32. The SMILES string of the molecule is CC1=CC=CC(N(c2ccc3ccc4c(N(c5ccc(C)cc5)c5cccc6c5oc5c(C)cccc56)ccc5ccc2c3c54)c2cccc3c2oc2c(C)cccc23)C=C1. The van der Waals surface area contributed by atoms with Gasteiger partial charge in [-0.15, -0.1) is 0 Å². The van der Waals surface area contributed by atoms with Crippen LogP contribution in [0.5, 0.6) is 0 Å². The average Bonchev–Trinajstić information content (AvgIpc) is 3.80. The van der Waals surface area contributed by atoms with Gasteiger partial charge in [0.05, 0.1) is 28.8 Å². The quantitative estimate of drug-likeness (QED) is 0.157. The number of nitrogens with zero attached hydrogens (tertiary/aromatic N) is 2. The molecule has 0 saturated heterocycles. The van der Waals surface area contributed by atoms with Gasteiger partial charge in [-0.25, -0.2) is 0 Å². The Morgan fingerprint density at radius 2 is 0.951 bits per heavy atom. The summed E-state index contributed by atoms with van der Waals surface area (Å²) < 4.78 is 13.7. The molecule has 0 spiro atoms. The first-order chi connectivity index (χ1) is 29.9. The van der Waals surface area contributed by atoms with Crippen molar-refractivity contribution in [3.05, 3.63) is 198 Å². The first-order valence-corrected chi connectivity index (χ1v) is 21.1. The molecule has 2 aromatic heterocycles. The van der Waals surface area contributed by atoms with E-state index in [1.807, 2.05) is 0 Å². The number of anilines is 5. The molecule has 11 aromatic rings. The van der Waals surface area contributed by atoms with Crippen molar-refractivity contribution in [2.45, 2.75) is 33.7 Å². The van der Waals surface area contributed by atoms with Crippen LogP contribution in [0.1, 0.15) is 23.6 Å². The molecular weight excluding hydrogens is 745 g/mol. The van der Waals surface area contributed by atoms with Gasteiger partial charge in [0.25, 0.3) is 0 Å². The highest BCUT2D eigenvalue weighted by Gasteiger charge is 2.27. The summed E-state index contributed by atoms with van der Waals surface area (Å²) in [4.78, 5) is 4.86. The maximum Gasteiger partial charge on any atom is 0.159 e. The normalized spacial score (nSPS) is 14.4. The minimum atomic E-state index is -0.0763. The largest absolute Gasteiger partial charge is 0.454 e. The second kappa shape index (κ2) is 13.5. The van der Waals surface area contributed by atoms with E-state index < -0.39 is 0 Å². The molecule has 12 rings (SSSR count). The Hall–Kier alpha value is -7.56. The summed E-state index contributed by atoms with van der Waals surface area (Å²) >= 11 is 0. The smallest absolute Gasteiger partial charge is 0.159 e. The van der Waals surface area contributed by atoms with Crippen LogP contribution in [-0.4, -0.2) is 6.04 Å². The third-order valence-corrected chi connectivity index (χ3v) is 12.8. The number of furan rings is 2. The third-order valence-electron chi connectivity index (χ3n) is 12.8. The van der Waals surface area contributed by atoms with Gasteiger partial charge in [-0.3, -0.25) is 0 Å². The van der Waals surface area contributed by atoms with E-state index in [0.717, 1.165) is 83.4 Å². The van der Waals surface area contributed by atoms with Crippen molar-refractivity contribution >= 4 is 105 Å². The zero-order valence-electron chi connectivity index (χ0n) is 34.5. The summed E-state index contributed by atoms with van der Waals surface area (Å²) in [6.45, 7) is 8.54.